The maximum absolute atomic E-state index is 12.8. The average Bonchev–Trinajstić information content (AvgIpc) is 3.12. The first-order valence-corrected chi connectivity index (χ1v) is 8.17. The van der Waals surface area contributed by atoms with Crippen molar-refractivity contribution in [3.05, 3.63) is 29.3 Å². The van der Waals surface area contributed by atoms with Gasteiger partial charge in [-0.05, 0) is 37.1 Å². The van der Waals surface area contributed by atoms with Crippen LogP contribution in [0.2, 0.25) is 0 Å². The lowest BCUT2D eigenvalue weighted by molar-refractivity contribution is -0.131. The molecule has 2 fully saturated rings. The van der Waals surface area contributed by atoms with Crippen LogP contribution in [-0.2, 0) is 9.59 Å². The monoisotopic (exact) mass is 344 g/mol. The van der Waals surface area contributed by atoms with E-state index in [1.54, 1.807) is 18.2 Å². The highest BCUT2D eigenvalue weighted by atomic mass is 16.5. The summed E-state index contributed by atoms with van der Waals surface area (Å²) >= 11 is 0. The van der Waals surface area contributed by atoms with Gasteiger partial charge >= 0.3 is 6.03 Å². The third-order valence-electron chi connectivity index (χ3n) is 4.56. The zero-order valence-corrected chi connectivity index (χ0v) is 14.2. The van der Waals surface area contributed by atoms with Gasteiger partial charge in [0.15, 0.2) is 0 Å². The third-order valence-corrected chi connectivity index (χ3v) is 4.56. The summed E-state index contributed by atoms with van der Waals surface area (Å²) in [5.41, 5.74) is 0.444. The molecule has 1 aliphatic heterocycles. The van der Waals surface area contributed by atoms with E-state index < -0.39 is 17.8 Å². The second kappa shape index (κ2) is 6.96. The first-order valence-electron chi connectivity index (χ1n) is 8.17. The Bertz CT molecular complexity index is 750. The zero-order chi connectivity index (χ0) is 18.0. The van der Waals surface area contributed by atoms with Crippen LogP contribution < -0.4 is 14.8 Å². The summed E-state index contributed by atoms with van der Waals surface area (Å²) in [5, 5.41) is 2.26. The molecule has 4 amide bonds. The number of hydrogen-bond donors (Lipinski definition) is 1. The Kier molecular flexibility index (Phi) is 4.74. The highest BCUT2D eigenvalue weighted by Crippen LogP contribution is 2.30. The van der Waals surface area contributed by atoms with Gasteiger partial charge in [0.25, 0.3) is 11.8 Å². The number of benzene rings is 1. The Hall–Kier alpha value is -2.83. The molecule has 2 aliphatic rings. The van der Waals surface area contributed by atoms with Crippen molar-refractivity contribution in [3.8, 4) is 11.5 Å². The fourth-order valence-electron chi connectivity index (χ4n) is 3.27. The maximum Gasteiger partial charge on any atom is 0.331 e. The lowest BCUT2D eigenvalue weighted by Gasteiger charge is -2.31. The highest BCUT2D eigenvalue weighted by molar-refractivity contribution is 6.31. The largest absolute Gasteiger partial charge is 0.497 e. The van der Waals surface area contributed by atoms with Crippen LogP contribution in [0.4, 0.5) is 4.79 Å². The summed E-state index contributed by atoms with van der Waals surface area (Å²) in [5.74, 6) is -0.196. The van der Waals surface area contributed by atoms with Gasteiger partial charge < -0.3 is 9.47 Å². The molecule has 0 unspecified atom stereocenters. The highest BCUT2D eigenvalue weighted by Gasteiger charge is 2.40. The smallest absolute Gasteiger partial charge is 0.331 e. The third kappa shape index (κ3) is 3.22. The van der Waals surface area contributed by atoms with E-state index in [0.717, 1.165) is 25.7 Å². The molecule has 1 saturated carbocycles. The van der Waals surface area contributed by atoms with Gasteiger partial charge in [0.1, 0.15) is 17.1 Å². The molecule has 1 saturated heterocycles. The number of urea groups is 1. The number of nitrogens with one attached hydrogen (secondary N) is 1. The number of carbonyl (C=O) groups excluding carboxylic acids is 3. The second-order valence-electron chi connectivity index (χ2n) is 6.04. The molecule has 0 radical (unpaired) electrons. The topological polar surface area (TPSA) is 84.9 Å². The first-order chi connectivity index (χ1) is 12.0. The van der Waals surface area contributed by atoms with E-state index in [-0.39, 0.29) is 11.6 Å². The Morgan fingerprint density at radius 1 is 1.12 bits per heavy atom. The standard InChI is InChI=1S/C18H20N2O5/c1-24-13-7-8-15(25-2)11(9-13)10-14-16(21)19-18(23)20(17(14)22)12-5-3-4-6-12/h7-10,12H,3-6H2,1-2H3,(H,19,21,23)/b14-10-. The fourth-order valence-corrected chi connectivity index (χ4v) is 3.27. The van der Waals surface area contributed by atoms with Crippen LogP contribution in [0.5, 0.6) is 11.5 Å². The van der Waals surface area contributed by atoms with Gasteiger partial charge in [-0.15, -0.1) is 0 Å². The molecule has 7 nitrogen and oxygen atoms in total. The number of rotatable bonds is 4. The molecule has 1 aliphatic carbocycles. The summed E-state index contributed by atoms with van der Waals surface area (Å²) in [7, 11) is 3.03. The van der Waals surface area contributed by atoms with E-state index in [1.165, 1.54) is 25.2 Å². The van der Waals surface area contributed by atoms with Crippen molar-refractivity contribution in [2.24, 2.45) is 0 Å². The van der Waals surface area contributed by atoms with Gasteiger partial charge in [0.05, 0.1) is 14.2 Å². The fraction of sp³-hybridized carbons (Fsp3) is 0.389. The van der Waals surface area contributed by atoms with Gasteiger partial charge in [0, 0.05) is 11.6 Å². The number of ether oxygens (including phenoxy) is 2. The van der Waals surface area contributed by atoms with Crippen molar-refractivity contribution in [1.29, 1.82) is 0 Å². The minimum Gasteiger partial charge on any atom is -0.497 e. The van der Waals surface area contributed by atoms with Gasteiger partial charge in [-0.2, -0.15) is 0 Å². The summed E-state index contributed by atoms with van der Waals surface area (Å²) in [6.45, 7) is 0. The van der Waals surface area contributed by atoms with Gasteiger partial charge in [-0.1, -0.05) is 12.8 Å². The summed E-state index contributed by atoms with van der Waals surface area (Å²) in [4.78, 5) is 38.3. The molecular weight excluding hydrogens is 324 g/mol. The quantitative estimate of drug-likeness (QED) is 0.668. The molecule has 0 atom stereocenters. The lowest BCUT2D eigenvalue weighted by Crippen LogP contribution is -2.57. The molecular formula is C18H20N2O5. The Morgan fingerprint density at radius 3 is 2.48 bits per heavy atom. The minimum absolute atomic E-state index is 0.0851. The molecule has 0 spiro atoms. The molecule has 1 aromatic rings. The Labute approximate surface area is 145 Å². The van der Waals surface area contributed by atoms with Gasteiger partial charge in [-0.25, -0.2) is 4.79 Å². The number of hydrogen-bond acceptors (Lipinski definition) is 5. The molecule has 3 rings (SSSR count). The van der Waals surface area contributed by atoms with E-state index in [1.807, 2.05) is 0 Å². The van der Waals surface area contributed by atoms with Crippen LogP contribution in [0.15, 0.2) is 23.8 Å². The first kappa shape index (κ1) is 17.0. The van der Waals surface area contributed by atoms with Crippen LogP contribution in [-0.4, -0.2) is 43.0 Å². The number of amides is 4. The number of imide groups is 2. The van der Waals surface area contributed by atoms with Crippen molar-refractivity contribution in [1.82, 2.24) is 10.2 Å². The Morgan fingerprint density at radius 2 is 1.84 bits per heavy atom. The molecule has 0 aromatic heterocycles. The average molecular weight is 344 g/mol. The van der Waals surface area contributed by atoms with E-state index in [9.17, 15) is 14.4 Å². The van der Waals surface area contributed by atoms with Crippen molar-refractivity contribution >= 4 is 23.9 Å². The number of methoxy groups -OCH3 is 2. The summed E-state index contributed by atoms with van der Waals surface area (Å²) < 4.78 is 10.5. The molecule has 0 bridgehead atoms. The predicted octanol–water partition coefficient (Wildman–Crippen LogP) is 2.11. The van der Waals surface area contributed by atoms with Crippen molar-refractivity contribution in [2.45, 2.75) is 31.7 Å². The predicted molar refractivity (Wildman–Crippen MR) is 90.2 cm³/mol. The van der Waals surface area contributed by atoms with E-state index in [0.29, 0.717) is 17.1 Å². The Balaban J connectivity index is 1.99. The minimum atomic E-state index is -0.700. The van der Waals surface area contributed by atoms with E-state index in [2.05, 4.69) is 5.32 Å². The van der Waals surface area contributed by atoms with E-state index in [4.69, 9.17) is 9.47 Å². The molecule has 7 heteroatoms. The second-order valence-corrected chi connectivity index (χ2v) is 6.04. The van der Waals surface area contributed by atoms with Crippen molar-refractivity contribution in [2.75, 3.05) is 14.2 Å². The van der Waals surface area contributed by atoms with Crippen LogP contribution in [0.1, 0.15) is 31.2 Å². The normalized spacial score (nSPS) is 20.2. The van der Waals surface area contributed by atoms with Crippen LogP contribution in [0.25, 0.3) is 6.08 Å². The summed E-state index contributed by atoms with van der Waals surface area (Å²) in [6.07, 6.45) is 4.91. The SMILES string of the molecule is COc1ccc(OC)c(/C=C2/C(=O)NC(=O)N(C3CCCC3)C2=O)c1. The van der Waals surface area contributed by atoms with Crippen LogP contribution in [0, 0.1) is 0 Å². The molecule has 1 N–H and O–H groups in total. The van der Waals surface area contributed by atoms with E-state index >= 15 is 0 Å². The van der Waals surface area contributed by atoms with Crippen molar-refractivity contribution < 1.29 is 23.9 Å². The number of nitrogens with zero attached hydrogens (tertiary/aromatic N) is 1. The van der Waals surface area contributed by atoms with Crippen molar-refractivity contribution in [3.63, 3.8) is 0 Å². The number of barbiturate groups is 1. The molecule has 25 heavy (non-hydrogen) atoms. The maximum atomic E-state index is 12.8. The lowest BCUT2D eigenvalue weighted by atomic mass is 10.0. The molecule has 132 valence electrons. The summed E-state index contributed by atoms with van der Waals surface area (Å²) in [6, 6.07) is 4.28. The number of carbonyl (C=O) groups is 3. The molecule has 1 heterocycles. The van der Waals surface area contributed by atoms with Crippen LogP contribution in [0.3, 0.4) is 0 Å². The van der Waals surface area contributed by atoms with Gasteiger partial charge in [-0.3, -0.25) is 19.8 Å². The van der Waals surface area contributed by atoms with Gasteiger partial charge in [0.2, 0.25) is 0 Å². The zero-order valence-electron chi connectivity index (χ0n) is 14.2. The molecule has 1 aromatic carbocycles. The van der Waals surface area contributed by atoms with Crippen LogP contribution >= 0.6 is 0 Å².